The van der Waals surface area contributed by atoms with Crippen molar-refractivity contribution in [2.75, 3.05) is 6.61 Å². The van der Waals surface area contributed by atoms with Crippen LogP contribution in [0.2, 0.25) is 0 Å². The van der Waals surface area contributed by atoms with E-state index >= 15 is 0 Å². The Kier molecular flexibility index (Phi) is 4.45. The molecule has 1 fully saturated rings. The Labute approximate surface area is 154 Å². The van der Waals surface area contributed by atoms with Gasteiger partial charge in [-0.25, -0.2) is 4.79 Å². The molecule has 1 N–H and O–H groups in total. The van der Waals surface area contributed by atoms with Gasteiger partial charge in [0.25, 0.3) is 0 Å². The maximum absolute atomic E-state index is 12.8. The van der Waals surface area contributed by atoms with Crippen LogP contribution in [0.5, 0.6) is 5.75 Å². The van der Waals surface area contributed by atoms with Gasteiger partial charge < -0.3 is 15.0 Å². The van der Waals surface area contributed by atoms with E-state index in [0.717, 1.165) is 36.3 Å². The van der Waals surface area contributed by atoms with Crippen molar-refractivity contribution in [3.63, 3.8) is 0 Å². The summed E-state index contributed by atoms with van der Waals surface area (Å²) in [5.74, 6) is 0.767. The number of fused-ring (bicyclic) bond motifs is 1. The van der Waals surface area contributed by atoms with Gasteiger partial charge in [0.15, 0.2) is 0 Å². The molecule has 27 heavy (non-hydrogen) atoms. The maximum atomic E-state index is 12.8. The molecule has 0 unspecified atom stereocenters. The molecule has 0 saturated heterocycles. The Morgan fingerprint density at radius 1 is 1.11 bits per heavy atom. The Morgan fingerprint density at radius 3 is 2.48 bits per heavy atom. The summed E-state index contributed by atoms with van der Waals surface area (Å²) < 4.78 is 43.7. The molecule has 2 aliphatic rings. The van der Waals surface area contributed by atoms with Gasteiger partial charge in [-0.1, -0.05) is 30.3 Å². The number of para-hydroxylation sites is 1. The predicted molar refractivity (Wildman–Crippen MR) is 93.2 cm³/mol. The van der Waals surface area contributed by atoms with Gasteiger partial charge in [-0.05, 0) is 36.6 Å². The summed E-state index contributed by atoms with van der Waals surface area (Å²) in [6, 6.07) is 12.2. The lowest BCUT2D eigenvalue weighted by Crippen LogP contribution is -2.42. The first-order valence-corrected chi connectivity index (χ1v) is 8.87. The molecule has 2 aromatic carbocycles. The lowest BCUT2D eigenvalue weighted by atomic mass is 10.1. The average molecular weight is 376 g/mol. The van der Waals surface area contributed by atoms with E-state index in [1.807, 2.05) is 24.3 Å². The average Bonchev–Trinajstić information content (AvgIpc) is 3.41. The van der Waals surface area contributed by atoms with Crippen LogP contribution >= 0.6 is 0 Å². The van der Waals surface area contributed by atoms with Crippen molar-refractivity contribution in [3.8, 4) is 5.75 Å². The molecule has 1 aliphatic heterocycles. The highest BCUT2D eigenvalue weighted by molar-refractivity contribution is 5.76. The Hall–Kier alpha value is -2.70. The van der Waals surface area contributed by atoms with Crippen molar-refractivity contribution < 1.29 is 22.7 Å². The minimum absolute atomic E-state index is 0.129. The van der Waals surface area contributed by atoms with E-state index in [0.29, 0.717) is 12.2 Å². The number of urea groups is 1. The zero-order chi connectivity index (χ0) is 19.0. The highest BCUT2D eigenvalue weighted by Crippen LogP contribution is 2.34. The largest absolute Gasteiger partial charge is 0.491 e. The molecular formula is C20H19F3N2O2. The van der Waals surface area contributed by atoms with Crippen LogP contribution in [-0.2, 0) is 12.7 Å². The summed E-state index contributed by atoms with van der Waals surface area (Å²) in [6.45, 7) is 0.660. The summed E-state index contributed by atoms with van der Waals surface area (Å²) in [4.78, 5) is 14.5. The quantitative estimate of drug-likeness (QED) is 0.853. The summed E-state index contributed by atoms with van der Waals surface area (Å²) in [6.07, 6.45) is -2.54. The van der Waals surface area contributed by atoms with Gasteiger partial charge in [0.05, 0.1) is 11.6 Å². The van der Waals surface area contributed by atoms with Gasteiger partial charge in [-0.3, -0.25) is 0 Å². The van der Waals surface area contributed by atoms with Gasteiger partial charge in [0.1, 0.15) is 12.4 Å². The fraction of sp³-hybridized carbons (Fsp3) is 0.350. The maximum Gasteiger partial charge on any atom is 0.416 e. The number of carbonyl (C=O) groups excluding carboxylic acids is 1. The van der Waals surface area contributed by atoms with Gasteiger partial charge >= 0.3 is 12.2 Å². The monoisotopic (exact) mass is 376 g/mol. The van der Waals surface area contributed by atoms with Crippen LogP contribution in [-0.4, -0.2) is 23.6 Å². The fourth-order valence-electron chi connectivity index (χ4n) is 3.26. The Bertz CT molecular complexity index is 832. The van der Waals surface area contributed by atoms with Gasteiger partial charge in [-0.15, -0.1) is 0 Å². The number of carbonyl (C=O) groups is 1. The van der Waals surface area contributed by atoms with E-state index in [2.05, 4.69) is 5.32 Å². The molecule has 1 aliphatic carbocycles. The molecule has 0 bridgehead atoms. The standard InChI is InChI=1S/C20H19F3N2O2/c21-20(22,23)14-7-5-13(6-8-14)11-25(15-9-10-15)19(26)24-17-12-27-18-4-2-1-3-16(17)18/h1-8,15,17H,9-12H2,(H,24,26)/t17-/m0/s1. The second-order valence-corrected chi connectivity index (χ2v) is 6.90. The molecular weight excluding hydrogens is 357 g/mol. The van der Waals surface area contributed by atoms with Crippen molar-refractivity contribution in [2.24, 2.45) is 0 Å². The molecule has 2 aromatic rings. The molecule has 2 amide bonds. The second kappa shape index (κ2) is 6.79. The van der Waals surface area contributed by atoms with Crippen LogP contribution in [0.3, 0.4) is 0 Å². The summed E-state index contributed by atoms with van der Waals surface area (Å²) in [5.41, 5.74) is 0.928. The SMILES string of the molecule is O=C(N[C@H]1COc2ccccc21)N(Cc1ccc(C(F)(F)F)cc1)C1CC1. The first kappa shape index (κ1) is 17.7. The van der Waals surface area contributed by atoms with Crippen molar-refractivity contribution in [1.29, 1.82) is 0 Å². The number of alkyl halides is 3. The molecule has 0 aromatic heterocycles. The van der Waals surface area contributed by atoms with E-state index in [-0.39, 0.29) is 24.7 Å². The molecule has 1 atom stereocenters. The topological polar surface area (TPSA) is 41.6 Å². The minimum Gasteiger partial charge on any atom is -0.491 e. The number of hydrogen-bond acceptors (Lipinski definition) is 2. The highest BCUT2D eigenvalue weighted by atomic mass is 19.4. The molecule has 0 spiro atoms. The summed E-state index contributed by atoms with van der Waals surface area (Å²) in [5, 5.41) is 2.99. The number of amides is 2. The Morgan fingerprint density at radius 2 is 1.81 bits per heavy atom. The van der Waals surface area contributed by atoms with Gasteiger partial charge in [0, 0.05) is 18.2 Å². The lowest BCUT2D eigenvalue weighted by Gasteiger charge is -2.25. The third-order valence-corrected chi connectivity index (χ3v) is 4.88. The third-order valence-electron chi connectivity index (χ3n) is 4.88. The smallest absolute Gasteiger partial charge is 0.416 e. The zero-order valence-electron chi connectivity index (χ0n) is 14.5. The van der Waals surface area contributed by atoms with Crippen LogP contribution in [0.15, 0.2) is 48.5 Å². The van der Waals surface area contributed by atoms with Crippen LogP contribution in [0, 0.1) is 0 Å². The number of hydrogen-bond donors (Lipinski definition) is 1. The molecule has 4 nitrogen and oxygen atoms in total. The van der Waals surface area contributed by atoms with Crippen LogP contribution in [0.4, 0.5) is 18.0 Å². The fourth-order valence-corrected chi connectivity index (χ4v) is 3.26. The van der Waals surface area contributed by atoms with Crippen molar-refractivity contribution >= 4 is 6.03 Å². The van der Waals surface area contributed by atoms with E-state index < -0.39 is 11.7 Å². The zero-order valence-corrected chi connectivity index (χ0v) is 14.5. The van der Waals surface area contributed by atoms with Crippen molar-refractivity contribution in [1.82, 2.24) is 10.2 Å². The lowest BCUT2D eigenvalue weighted by molar-refractivity contribution is -0.137. The number of benzene rings is 2. The van der Waals surface area contributed by atoms with Crippen LogP contribution < -0.4 is 10.1 Å². The number of rotatable bonds is 4. The first-order valence-electron chi connectivity index (χ1n) is 8.87. The molecule has 142 valence electrons. The van der Waals surface area contributed by atoms with Gasteiger partial charge in [-0.2, -0.15) is 13.2 Å². The number of nitrogens with zero attached hydrogens (tertiary/aromatic N) is 1. The minimum atomic E-state index is -4.36. The molecule has 4 rings (SSSR count). The number of halogens is 3. The summed E-state index contributed by atoms with van der Waals surface area (Å²) in [7, 11) is 0. The highest BCUT2D eigenvalue weighted by Gasteiger charge is 2.35. The van der Waals surface area contributed by atoms with Crippen molar-refractivity contribution in [2.45, 2.75) is 37.6 Å². The third kappa shape index (κ3) is 3.86. The molecule has 1 saturated carbocycles. The van der Waals surface area contributed by atoms with Gasteiger partial charge in [0.2, 0.25) is 0 Å². The predicted octanol–water partition coefficient (Wildman–Crippen LogP) is 4.51. The number of ether oxygens (including phenoxy) is 1. The van der Waals surface area contributed by atoms with E-state index in [4.69, 9.17) is 4.74 Å². The van der Waals surface area contributed by atoms with E-state index in [1.165, 1.54) is 12.1 Å². The normalized spacial score (nSPS) is 18.6. The van der Waals surface area contributed by atoms with Crippen LogP contribution in [0.25, 0.3) is 0 Å². The number of nitrogens with one attached hydrogen (secondary N) is 1. The summed E-state index contributed by atoms with van der Waals surface area (Å²) >= 11 is 0. The first-order chi connectivity index (χ1) is 12.9. The molecule has 7 heteroatoms. The molecule has 0 radical (unpaired) electrons. The Balaban J connectivity index is 1.45. The van der Waals surface area contributed by atoms with E-state index in [9.17, 15) is 18.0 Å². The van der Waals surface area contributed by atoms with Crippen molar-refractivity contribution in [3.05, 3.63) is 65.2 Å². The second-order valence-electron chi connectivity index (χ2n) is 6.90. The van der Waals surface area contributed by atoms with E-state index in [1.54, 1.807) is 4.90 Å². The van der Waals surface area contributed by atoms with Crippen LogP contribution in [0.1, 0.15) is 35.6 Å². The molecule has 1 heterocycles.